The van der Waals surface area contributed by atoms with Crippen LogP contribution in [0, 0.1) is 0 Å². The van der Waals surface area contributed by atoms with E-state index in [1.165, 1.54) is 18.2 Å². The molecule has 0 spiro atoms. The molecule has 1 heterocycles. The highest BCUT2D eigenvalue weighted by Crippen LogP contribution is 2.32. The molecule has 1 aromatic carbocycles. The molecule has 0 bridgehead atoms. The van der Waals surface area contributed by atoms with E-state index in [-0.39, 0.29) is 24.7 Å². The Labute approximate surface area is 116 Å². The normalized spacial score (nSPS) is 14.4. The number of fused-ring (bicyclic) bond motifs is 1. The van der Waals surface area contributed by atoms with Crippen molar-refractivity contribution in [1.82, 2.24) is 10.1 Å². The van der Waals surface area contributed by atoms with Gasteiger partial charge in [-0.25, -0.2) is 0 Å². The van der Waals surface area contributed by atoms with Crippen molar-refractivity contribution in [3.8, 4) is 0 Å². The molecule has 0 saturated carbocycles. The van der Waals surface area contributed by atoms with Crippen LogP contribution in [0.1, 0.15) is 28.8 Å². The SMILES string of the molecule is COCC(=O)Cc1nc(C2Cc3ccccc3C2)no1. The molecule has 5 nitrogen and oxygen atoms in total. The number of nitrogens with zero attached hydrogens (tertiary/aromatic N) is 2. The first-order valence-corrected chi connectivity index (χ1v) is 6.66. The van der Waals surface area contributed by atoms with Gasteiger partial charge in [-0.3, -0.25) is 4.79 Å². The largest absolute Gasteiger partial charge is 0.377 e. The van der Waals surface area contributed by atoms with Gasteiger partial charge >= 0.3 is 0 Å². The summed E-state index contributed by atoms with van der Waals surface area (Å²) in [5.74, 6) is 1.26. The summed E-state index contributed by atoms with van der Waals surface area (Å²) in [5, 5.41) is 4.02. The third-order valence-electron chi connectivity index (χ3n) is 3.55. The summed E-state index contributed by atoms with van der Waals surface area (Å²) >= 11 is 0. The number of benzene rings is 1. The number of Topliss-reactive ketones (excluding diaryl/α,β-unsaturated/α-hetero) is 1. The molecule has 0 unspecified atom stereocenters. The molecule has 20 heavy (non-hydrogen) atoms. The van der Waals surface area contributed by atoms with Crippen LogP contribution in [0.25, 0.3) is 0 Å². The van der Waals surface area contributed by atoms with Crippen LogP contribution in [0.5, 0.6) is 0 Å². The summed E-state index contributed by atoms with van der Waals surface area (Å²) in [6.07, 6.45) is 2.00. The molecule has 2 aromatic rings. The minimum Gasteiger partial charge on any atom is -0.377 e. The molecule has 0 radical (unpaired) electrons. The van der Waals surface area contributed by atoms with Gasteiger partial charge < -0.3 is 9.26 Å². The first kappa shape index (κ1) is 13.0. The minimum atomic E-state index is -0.0580. The molecule has 1 aliphatic rings. The van der Waals surface area contributed by atoms with Crippen LogP contribution in [-0.4, -0.2) is 29.6 Å². The number of hydrogen-bond acceptors (Lipinski definition) is 5. The molecule has 0 N–H and O–H groups in total. The van der Waals surface area contributed by atoms with E-state index < -0.39 is 0 Å². The fourth-order valence-electron chi connectivity index (χ4n) is 2.63. The molecule has 104 valence electrons. The van der Waals surface area contributed by atoms with E-state index in [4.69, 9.17) is 9.26 Å². The highest BCUT2D eigenvalue weighted by molar-refractivity contribution is 5.81. The van der Waals surface area contributed by atoms with Crippen LogP contribution in [0.4, 0.5) is 0 Å². The van der Waals surface area contributed by atoms with Crippen LogP contribution in [0.3, 0.4) is 0 Å². The van der Waals surface area contributed by atoms with E-state index in [1.54, 1.807) is 0 Å². The maximum atomic E-state index is 11.5. The quantitative estimate of drug-likeness (QED) is 0.829. The monoisotopic (exact) mass is 272 g/mol. The molecule has 5 heteroatoms. The summed E-state index contributed by atoms with van der Waals surface area (Å²) in [6, 6.07) is 8.37. The highest BCUT2D eigenvalue weighted by atomic mass is 16.5. The van der Waals surface area contributed by atoms with E-state index in [9.17, 15) is 4.79 Å². The third-order valence-corrected chi connectivity index (χ3v) is 3.55. The van der Waals surface area contributed by atoms with E-state index >= 15 is 0 Å². The highest BCUT2D eigenvalue weighted by Gasteiger charge is 2.26. The van der Waals surface area contributed by atoms with Crippen molar-refractivity contribution in [3.63, 3.8) is 0 Å². The van der Waals surface area contributed by atoms with Crippen molar-refractivity contribution in [1.29, 1.82) is 0 Å². The lowest BCUT2D eigenvalue weighted by atomic mass is 10.1. The molecule has 0 atom stereocenters. The summed E-state index contributed by atoms with van der Waals surface area (Å²) in [5.41, 5.74) is 2.69. The van der Waals surface area contributed by atoms with Crippen molar-refractivity contribution in [2.75, 3.05) is 13.7 Å². The molecule has 1 aromatic heterocycles. The fourth-order valence-corrected chi connectivity index (χ4v) is 2.63. The smallest absolute Gasteiger partial charge is 0.234 e. The summed E-state index contributed by atoms with van der Waals surface area (Å²) in [7, 11) is 1.49. The number of methoxy groups -OCH3 is 1. The second kappa shape index (κ2) is 5.54. The average molecular weight is 272 g/mol. The molecule has 0 aliphatic heterocycles. The van der Waals surface area contributed by atoms with E-state index in [0.717, 1.165) is 12.8 Å². The predicted molar refractivity (Wildman–Crippen MR) is 71.5 cm³/mol. The van der Waals surface area contributed by atoms with Gasteiger partial charge in [-0.2, -0.15) is 4.98 Å². The van der Waals surface area contributed by atoms with Gasteiger partial charge in [-0.15, -0.1) is 0 Å². The predicted octanol–water partition coefficient (Wildman–Crippen LogP) is 1.71. The van der Waals surface area contributed by atoms with Crippen molar-refractivity contribution >= 4 is 5.78 Å². The van der Waals surface area contributed by atoms with Crippen molar-refractivity contribution in [3.05, 3.63) is 47.1 Å². The topological polar surface area (TPSA) is 65.2 Å². The number of ether oxygens (including phenoxy) is 1. The maximum Gasteiger partial charge on any atom is 0.234 e. The van der Waals surface area contributed by atoms with Gasteiger partial charge in [0.1, 0.15) is 6.61 Å². The Bertz CT molecular complexity index is 596. The first-order valence-electron chi connectivity index (χ1n) is 6.66. The molecular formula is C15H16N2O3. The second-order valence-electron chi connectivity index (χ2n) is 5.07. The van der Waals surface area contributed by atoms with Crippen LogP contribution in [-0.2, 0) is 28.8 Å². The molecule has 0 amide bonds. The number of hydrogen-bond donors (Lipinski definition) is 0. The van der Waals surface area contributed by atoms with Gasteiger partial charge in [0.15, 0.2) is 11.6 Å². The van der Waals surface area contributed by atoms with Gasteiger partial charge in [0, 0.05) is 13.0 Å². The van der Waals surface area contributed by atoms with Gasteiger partial charge in [-0.05, 0) is 24.0 Å². The summed E-state index contributed by atoms with van der Waals surface area (Å²) in [4.78, 5) is 15.8. The Kier molecular flexibility index (Phi) is 3.60. The Morgan fingerprint density at radius 1 is 1.35 bits per heavy atom. The van der Waals surface area contributed by atoms with E-state index in [0.29, 0.717) is 11.7 Å². The van der Waals surface area contributed by atoms with Crippen LogP contribution in [0.15, 0.2) is 28.8 Å². The maximum absolute atomic E-state index is 11.5. The van der Waals surface area contributed by atoms with Crippen molar-refractivity contribution in [2.45, 2.75) is 25.2 Å². The zero-order chi connectivity index (χ0) is 13.9. The number of carbonyl (C=O) groups excluding carboxylic acids is 1. The van der Waals surface area contributed by atoms with Crippen molar-refractivity contribution < 1.29 is 14.1 Å². The lowest BCUT2D eigenvalue weighted by molar-refractivity contribution is -0.122. The molecule has 0 fully saturated rings. The molecule has 0 saturated heterocycles. The van der Waals surface area contributed by atoms with Crippen LogP contribution >= 0.6 is 0 Å². The third kappa shape index (κ3) is 2.63. The molecule has 3 rings (SSSR count). The summed E-state index contributed by atoms with van der Waals surface area (Å²) < 4.78 is 9.94. The van der Waals surface area contributed by atoms with Gasteiger partial charge in [-0.1, -0.05) is 29.4 Å². The number of carbonyl (C=O) groups is 1. The zero-order valence-electron chi connectivity index (χ0n) is 11.3. The summed E-state index contributed by atoms with van der Waals surface area (Å²) in [6.45, 7) is 0.0760. The zero-order valence-corrected chi connectivity index (χ0v) is 11.3. The number of rotatable bonds is 5. The minimum absolute atomic E-state index is 0.0580. The first-order chi connectivity index (χ1) is 9.76. The second-order valence-corrected chi connectivity index (χ2v) is 5.07. The fraction of sp³-hybridized carbons (Fsp3) is 0.400. The van der Waals surface area contributed by atoms with E-state index in [2.05, 4.69) is 22.3 Å². The lowest BCUT2D eigenvalue weighted by Gasteiger charge is -2.00. The Hall–Kier alpha value is -2.01. The van der Waals surface area contributed by atoms with Crippen LogP contribution in [0.2, 0.25) is 0 Å². The molecule has 1 aliphatic carbocycles. The number of aromatic nitrogens is 2. The average Bonchev–Trinajstić information content (AvgIpc) is 3.04. The Balaban J connectivity index is 1.68. The molecular weight excluding hydrogens is 256 g/mol. The van der Waals surface area contributed by atoms with Crippen molar-refractivity contribution in [2.24, 2.45) is 0 Å². The van der Waals surface area contributed by atoms with Crippen LogP contribution < -0.4 is 0 Å². The van der Waals surface area contributed by atoms with Gasteiger partial charge in [0.2, 0.25) is 5.89 Å². The number of ketones is 1. The lowest BCUT2D eigenvalue weighted by Crippen LogP contribution is -2.10. The van der Waals surface area contributed by atoms with E-state index in [1.807, 2.05) is 12.1 Å². The van der Waals surface area contributed by atoms with Gasteiger partial charge in [0.25, 0.3) is 0 Å². The van der Waals surface area contributed by atoms with Gasteiger partial charge in [0.05, 0.1) is 6.42 Å². The standard InChI is InChI=1S/C15H16N2O3/c1-19-9-13(18)8-14-16-15(17-20-14)12-6-10-4-2-3-5-11(10)7-12/h2-5,12H,6-9H2,1H3. The Morgan fingerprint density at radius 3 is 2.70 bits per heavy atom. The Morgan fingerprint density at radius 2 is 2.05 bits per heavy atom.